The predicted molar refractivity (Wildman–Crippen MR) is 64.2 cm³/mol. The maximum atomic E-state index is 12.3. The van der Waals surface area contributed by atoms with Crippen molar-refractivity contribution in [1.29, 1.82) is 0 Å². The van der Waals surface area contributed by atoms with E-state index in [1.54, 1.807) is 30.3 Å². The molecule has 0 saturated heterocycles. The number of anilines is 1. The van der Waals surface area contributed by atoms with E-state index >= 15 is 0 Å². The van der Waals surface area contributed by atoms with Crippen LogP contribution in [0.4, 0.5) is 18.9 Å². The molecule has 0 aliphatic rings. The van der Waals surface area contributed by atoms with Crippen molar-refractivity contribution in [3.8, 4) is 0 Å². The zero-order chi connectivity index (χ0) is 15.8. The molecule has 0 saturated carbocycles. The second kappa shape index (κ2) is 8.00. The van der Waals surface area contributed by atoms with Crippen molar-refractivity contribution in [1.82, 2.24) is 0 Å². The third-order valence-electron chi connectivity index (χ3n) is 1.93. The lowest BCUT2D eigenvalue weighted by atomic mass is 10.2. The third kappa shape index (κ3) is 7.21. The van der Waals surface area contributed by atoms with Crippen LogP contribution in [0.5, 0.6) is 0 Å². The molecule has 0 fully saturated rings. The highest BCUT2D eigenvalue weighted by Gasteiger charge is 2.38. The van der Waals surface area contributed by atoms with Gasteiger partial charge in [-0.15, -0.1) is 0 Å². The fourth-order valence-electron chi connectivity index (χ4n) is 1.01. The predicted octanol–water partition coefficient (Wildman–Crippen LogP) is 1.14. The maximum absolute atomic E-state index is 12.3. The molecular formula is C11H13F3N2O4. The average Bonchev–Trinajstić information content (AvgIpc) is 2.36. The van der Waals surface area contributed by atoms with Gasteiger partial charge in [-0.25, -0.2) is 9.59 Å². The Kier molecular flexibility index (Phi) is 7.08. The van der Waals surface area contributed by atoms with Crippen LogP contribution in [0.15, 0.2) is 30.3 Å². The summed E-state index contributed by atoms with van der Waals surface area (Å²) in [6, 6.07) is 6.49. The molecule has 1 unspecified atom stereocenters. The maximum Gasteiger partial charge on any atom is 0.414 e. The molecule has 1 rings (SSSR count). The van der Waals surface area contributed by atoms with Gasteiger partial charge in [0.1, 0.15) is 6.04 Å². The van der Waals surface area contributed by atoms with Crippen molar-refractivity contribution in [2.24, 2.45) is 5.73 Å². The number of hydrogen-bond acceptors (Lipinski definition) is 4. The number of nitrogens with one attached hydrogen (secondary N) is 1. The van der Waals surface area contributed by atoms with Crippen LogP contribution >= 0.6 is 0 Å². The highest BCUT2D eigenvalue weighted by Crippen LogP contribution is 2.22. The third-order valence-corrected chi connectivity index (χ3v) is 1.93. The first-order chi connectivity index (χ1) is 9.18. The molecule has 6 nitrogen and oxygen atoms in total. The number of carboxylic acid groups (broad SMARTS) is 2. The van der Waals surface area contributed by atoms with Gasteiger partial charge in [0.25, 0.3) is 0 Å². The summed E-state index contributed by atoms with van der Waals surface area (Å²) in [5.74, 6) is -3.65. The number of carbonyl (C=O) groups is 2. The minimum Gasteiger partial charge on any atom is -0.473 e. The fourth-order valence-corrected chi connectivity index (χ4v) is 1.01. The molecule has 112 valence electrons. The van der Waals surface area contributed by atoms with Crippen LogP contribution in [0.1, 0.15) is 0 Å². The quantitative estimate of drug-likeness (QED) is 0.622. The van der Waals surface area contributed by atoms with Gasteiger partial charge >= 0.3 is 18.1 Å². The number of para-hydroxylation sites is 1. The first-order valence-electron chi connectivity index (χ1n) is 5.23. The van der Waals surface area contributed by atoms with Gasteiger partial charge in [0, 0.05) is 12.2 Å². The highest BCUT2D eigenvalue weighted by molar-refractivity contribution is 6.27. The summed E-state index contributed by atoms with van der Waals surface area (Å²) in [5.41, 5.74) is 5.44. The van der Waals surface area contributed by atoms with E-state index in [0.717, 1.165) is 0 Å². The molecule has 1 aromatic carbocycles. The van der Waals surface area contributed by atoms with Crippen molar-refractivity contribution in [3.05, 3.63) is 30.3 Å². The Hall–Kier alpha value is -2.29. The van der Waals surface area contributed by atoms with E-state index in [0.29, 0.717) is 5.69 Å². The van der Waals surface area contributed by atoms with E-state index in [4.69, 9.17) is 25.5 Å². The summed E-state index contributed by atoms with van der Waals surface area (Å²) in [6.07, 6.45) is -4.31. The monoisotopic (exact) mass is 294 g/mol. The van der Waals surface area contributed by atoms with E-state index in [2.05, 4.69) is 5.32 Å². The summed E-state index contributed by atoms with van der Waals surface area (Å²) in [7, 11) is 0. The molecule has 0 aliphatic heterocycles. The smallest absolute Gasteiger partial charge is 0.414 e. The summed E-state index contributed by atoms with van der Waals surface area (Å²) in [4.78, 5) is 18.2. The standard InChI is InChI=1S/C9H11F3N2.C2H2O4/c10-9(11,12)8(6-13)14-7-4-2-1-3-5-7;3-1(4)2(5)6/h1-5,8,14H,6,13H2;(H,3,4)(H,5,6). The van der Waals surface area contributed by atoms with Gasteiger partial charge in [0.05, 0.1) is 0 Å². The second-order valence-electron chi connectivity index (χ2n) is 3.45. The van der Waals surface area contributed by atoms with Gasteiger partial charge in [0.2, 0.25) is 0 Å². The van der Waals surface area contributed by atoms with Crippen LogP contribution < -0.4 is 11.1 Å². The summed E-state index contributed by atoms with van der Waals surface area (Å²) >= 11 is 0. The van der Waals surface area contributed by atoms with Crippen molar-refractivity contribution in [2.45, 2.75) is 12.2 Å². The molecule has 0 aliphatic carbocycles. The lowest BCUT2D eigenvalue weighted by Gasteiger charge is -2.20. The van der Waals surface area contributed by atoms with Gasteiger partial charge in [0.15, 0.2) is 0 Å². The number of hydrogen-bond donors (Lipinski definition) is 4. The number of carboxylic acids is 2. The molecular weight excluding hydrogens is 281 g/mol. The van der Waals surface area contributed by atoms with Crippen LogP contribution in [0.2, 0.25) is 0 Å². The van der Waals surface area contributed by atoms with Crippen molar-refractivity contribution < 1.29 is 33.0 Å². The Balaban J connectivity index is 0.000000511. The van der Waals surface area contributed by atoms with Crippen LogP contribution in [0.3, 0.4) is 0 Å². The van der Waals surface area contributed by atoms with Crippen LogP contribution in [-0.2, 0) is 9.59 Å². The number of nitrogens with two attached hydrogens (primary N) is 1. The Bertz CT molecular complexity index is 425. The SMILES string of the molecule is NCC(Nc1ccccc1)C(F)(F)F.O=C(O)C(=O)O. The van der Waals surface area contributed by atoms with E-state index in [9.17, 15) is 13.2 Å². The molecule has 1 atom stereocenters. The number of rotatable bonds is 3. The highest BCUT2D eigenvalue weighted by atomic mass is 19.4. The minimum absolute atomic E-state index is 0.417. The number of benzene rings is 1. The molecule has 0 heterocycles. The molecule has 1 aromatic rings. The fraction of sp³-hybridized carbons (Fsp3) is 0.273. The van der Waals surface area contributed by atoms with Gasteiger partial charge in [-0.2, -0.15) is 13.2 Å². The van der Waals surface area contributed by atoms with Crippen LogP contribution in [0, 0.1) is 0 Å². The Morgan fingerprint density at radius 1 is 1.15 bits per heavy atom. The van der Waals surface area contributed by atoms with Crippen molar-refractivity contribution in [2.75, 3.05) is 11.9 Å². The molecule has 9 heteroatoms. The lowest BCUT2D eigenvalue weighted by Crippen LogP contribution is -2.42. The average molecular weight is 294 g/mol. The van der Waals surface area contributed by atoms with E-state index < -0.39 is 30.7 Å². The van der Waals surface area contributed by atoms with Crippen LogP contribution in [0.25, 0.3) is 0 Å². The van der Waals surface area contributed by atoms with E-state index in [-0.39, 0.29) is 0 Å². The minimum atomic E-state index is -4.31. The van der Waals surface area contributed by atoms with Gasteiger partial charge < -0.3 is 21.3 Å². The summed E-state index contributed by atoms with van der Waals surface area (Å²) in [6.45, 7) is -0.474. The molecule has 20 heavy (non-hydrogen) atoms. The summed E-state index contributed by atoms with van der Waals surface area (Å²) in [5, 5.41) is 17.1. The van der Waals surface area contributed by atoms with E-state index in [1.807, 2.05) is 0 Å². The van der Waals surface area contributed by atoms with Crippen molar-refractivity contribution >= 4 is 17.6 Å². The molecule has 0 amide bonds. The van der Waals surface area contributed by atoms with E-state index in [1.165, 1.54) is 0 Å². The zero-order valence-corrected chi connectivity index (χ0v) is 10.1. The Morgan fingerprint density at radius 2 is 1.60 bits per heavy atom. The largest absolute Gasteiger partial charge is 0.473 e. The number of aliphatic carboxylic acids is 2. The topological polar surface area (TPSA) is 113 Å². The molecule has 0 spiro atoms. The zero-order valence-electron chi connectivity index (χ0n) is 10.1. The van der Waals surface area contributed by atoms with Gasteiger partial charge in [-0.3, -0.25) is 0 Å². The first kappa shape index (κ1) is 17.7. The number of alkyl halides is 3. The molecule has 0 radical (unpaired) electrons. The summed E-state index contributed by atoms with van der Waals surface area (Å²) < 4.78 is 36.8. The normalized spacial score (nSPS) is 11.8. The van der Waals surface area contributed by atoms with Crippen molar-refractivity contribution in [3.63, 3.8) is 0 Å². The molecule has 0 bridgehead atoms. The molecule has 5 N–H and O–H groups in total. The van der Waals surface area contributed by atoms with Gasteiger partial charge in [-0.05, 0) is 12.1 Å². The Morgan fingerprint density at radius 3 is 1.90 bits per heavy atom. The lowest BCUT2D eigenvalue weighted by molar-refractivity contribution is -0.159. The Labute approximate surface area is 112 Å². The first-order valence-corrected chi connectivity index (χ1v) is 5.23. The number of halogens is 3. The second-order valence-corrected chi connectivity index (χ2v) is 3.45. The van der Waals surface area contributed by atoms with Gasteiger partial charge in [-0.1, -0.05) is 18.2 Å². The van der Waals surface area contributed by atoms with Crippen LogP contribution in [-0.4, -0.2) is 40.9 Å². The molecule has 0 aromatic heterocycles.